The largest absolute Gasteiger partial charge is 0.238 e. The molecule has 0 bridgehead atoms. The predicted octanol–water partition coefficient (Wildman–Crippen LogP) is 3.21. The Balaban J connectivity index is 1.57. The number of rotatable bonds is 5. The Kier molecular flexibility index (Phi) is 4.02. The summed E-state index contributed by atoms with van der Waals surface area (Å²) in [6.45, 7) is 0. The molecular formula is C17H18FNO2S. The molecule has 3 rings (SSSR count). The van der Waals surface area contributed by atoms with Crippen molar-refractivity contribution in [3.05, 3.63) is 65.5 Å². The zero-order valence-corrected chi connectivity index (χ0v) is 12.9. The number of halogens is 1. The SMILES string of the molecule is NS(=O)(=O)c1ccc(C2CC2CCc2ccc(F)cc2)cc1. The lowest BCUT2D eigenvalue weighted by Crippen LogP contribution is -2.11. The predicted molar refractivity (Wildman–Crippen MR) is 83.4 cm³/mol. The number of nitrogens with two attached hydrogens (primary N) is 1. The highest BCUT2D eigenvalue weighted by Gasteiger charge is 2.37. The molecule has 0 amide bonds. The fraction of sp³-hybridized carbons (Fsp3) is 0.294. The lowest BCUT2D eigenvalue weighted by Gasteiger charge is -2.03. The Hall–Kier alpha value is -1.72. The molecule has 0 radical (unpaired) electrons. The Morgan fingerprint density at radius 3 is 2.27 bits per heavy atom. The zero-order valence-electron chi connectivity index (χ0n) is 12.1. The molecule has 22 heavy (non-hydrogen) atoms. The normalized spacial score (nSPS) is 20.8. The van der Waals surface area contributed by atoms with Crippen LogP contribution in [0.4, 0.5) is 4.39 Å². The van der Waals surface area contributed by atoms with Crippen molar-refractivity contribution in [3.63, 3.8) is 0 Å². The number of aryl methyl sites for hydroxylation is 1. The highest BCUT2D eigenvalue weighted by molar-refractivity contribution is 7.89. The lowest BCUT2D eigenvalue weighted by atomic mass is 10.0. The molecule has 1 aliphatic rings. The maximum Gasteiger partial charge on any atom is 0.238 e. The summed E-state index contributed by atoms with van der Waals surface area (Å²) in [5, 5.41) is 5.09. The van der Waals surface area contributed by atoms with Gasteiger partial charge in [-0.1, -0.05) is 24.3 Å². The van der Waals surface area contributed by atoms with Gasteiger partial charge in [-0.3, -0.25) is 0 Å². The lowest BCUT2D eigenvalue weighted by molar-refractivity contribution is 0.597. The van der Waals surface area contributed by atoms with Gasteiger partial charge in [-0.15, -0.1) is 0 Å². The van der Waals surface area contributed by atoms with Crippen LogP contribution in [0.2, 0.25) is 0 Å². The second-order valence-electron chi connectivity index (χ2n) is 5.88. The number of primary sulfonamides is 1. The van der Waals surface area contributed by atoms with E-state index in [1.54, 1.807) is 12.1 Å². The van der Waals surface area contributed by atoms with Crippen LogP contribution in [0.1, 0.15) is 29.9 Å². The van der Waals surface area contributed by atoms with Crippen molar-refractivity contribution in [1.82, 2.24) is 0 Å². The Morgan fingerprint density at radius 1 is 1.05 bits per heavy atom. The van der Waals surface area contributed by atoms with E-state index in [1.165, 1.54) is 12.1 Å². The molecule has 2 aromatic carbocycles. The van der Waals surface area contributed by atoms with Crippen molar-refractivity contribution in [3.8, 4) is 0 Å². The van der Waals surface area contributed by atoms with Crippen molar-refractivity contribution < 1.29 is 12.8 Å². The van der Waals surface area contributed by atoms with Crippen LogP contribution in [-0.4, -0.2) is 8.42 Å². The molecule has 1 saturated carbocycles. The molecule has 3 nitrogen and oxygen atoms in total. The molecule has 1 fully saturated rings. The van der Waals surface area contributed by atoms with E-state index in [2.05, 4.69) is 0 Å². The first-order valence-corrected chi connectivity index (χ1v) is 8.85. The highest BCUT2D eigenvalue weighted by atomic mass is 32.2. The van der Waals surface area contributed by atoms with Crippen molar-refractivity contribution in [2.75, 3.05) is 0 Å². The maximum atomic E-state index is 12.8. The third-order valence-corrected chi connectivity index (χ3v) is 5.21. The summed E-state index contributed by atoms with van der Waals surface area (Å²) in [5.74, 6) is 0.906. The van der Waals surface area contributed by atoms with Crippen LogP contribution < -0.4 is 5.14 Å². The molecule has 0 spiro atoms. The topological polar surface area (TPSA) is 60.2 Å². The zero-order chi connectivity index (χ0) is 15.7. The number of sulfonamides is 1. The highest BCUT2D eigenvalue weighted by Crippen LogP contribution is 2.50. The van der Waals surface area contributed by atoms with Gasteiger partial charge in [0.1, 0.15) is 5.82 Å². The summed E-state index contributed by atoms with van der Waals surface area (Å²) in [4.78, 5) is 0.153. The molecule has 0 aromatic heterocycles. The maximum absolute atomic E-state index is 12.8. The molecule has 2 N–H and O–H groups in total. The quantitative estimate of drug-likeness (QED) is 0.920. The standard InChI is InChI=1S/C17H18FNO2S/c18-15-7-2-12(3-8-15)1-4-14-11-17(14)13-5-9-16(10-6-13)22(19,20)21/h2-3,5-10,14,17H,1,4,11H2,(H2,19,20,21). The van der Waals surface area contributed by atoms with Gasteiger partial charge in [0.05, 0.1) is 4.90 Å². The van der Waals surface area contributed by atoms with E-state index in [0.717, 1.165) is 30.4 Å². The van der Waals surface area contributed by atoms with E-state index in [-0.39, 0.29) is 10.7 Å². The Labute approximate surface area is 130 Å². The molecule has 2 aromatic rings. The fourth-order valence-corrected chi connectivity index (χ4v) is 3.40. The van der Waals surface area contributed by atoms with Gasteiger partial charge < -0.3 is 0 Å². The van der Waals surface area contributed by atoms with Gasteiger partial charge in [-0.05, 0) is 66.5 Å². The van der Waals surface area contributed by atoms with E-state index in [9.17, 15) is 12.8 Å². The van der Waals surface area contributed by atoms with E-state index >= 15 is 0 Å². The monoisotopic (exact) mass is 319 g/mol. The Bertz CT molecular complexity index is 754. The van der Waals surface area contributed by atoms with Crippen LogP contribution >= 0.6 is 0 Å². The summed E-state index contributed by atoms with van der Waals surface area (Å²) in [5.41, 5.74) is 2.31. The second-order valence-corrected chi connectivity index (χ2v) is 7.44. The van der Waals surface area contributed by atoms with Gasteiger partial charge in [0.2, 0.25) is 10.0 Å². The second kappa shape index (κ2) is 5.82. The molecule has 2 atom stereocenters. The third-order valence-electron chi connectivity index (χ3n) is 4.28. The van der Waals surface area contributed by atoms with Crippen LogP contribution in [0, 0.1) is 11.7 Å². The van der Waals surface area contributed by atoms with Crippen molar-refractivity contribution in [2.24, 2.45) is 11.1 Å². The molecule has 0 heterocycles. The van der Waals surface area contributed by atoms with Crippen LogP contribution in [0.5, 0.6) is 0 Å². The van der Waals surface area contributed by atoms with Gasteiger partial charge >= 0.3 is 0 Å². The van der Waals surface area contributed by atoms with Crippen molar-refractivity contribution >= 4 is 10.0 Å². The van der Waals surface area contributed by atoms with Gasteiger partial charge in [-0.2, -0.15) is 0 Å². The van der Waals surface area contributed by atoms with Crippen molar-refractivity contribution in [2.45, 2.75) is 30.1 Å². The number of hydrogen-bond acceptors (Lipinski definition) is 2. The molecule has 2 unspecified atom stereocenters. The molecule has 5 heteroatoms. The van der Waals surface area contributed by atoms with Crippen molar-refractivity contribution in [1.29, 1.82) is 0 Å². The summed E-state index contributed by atoms with van der Waals surface area (Å²) >= 11 is 0. The summed E-state index contributed by atoms with van der Waals surface area (Å²) in [7, 11) is -3.62. The molecule has 0 saturated heterocycles. The van der Waals surface area contributed by atoms with Crippen LogP contribution in [0.15, 0.2) is 53.4 Å². The molecule has 116 valence electrons. The van der Waals surface area contributed by atoms with Crippen LogP contribution in [0.3, 0.4) is 0 Å². The first kappa shape index (κ1) is 15.2. The average Bonchev–Trinajstić information content (AvgIpc) is 3.26. The third kappa shape index (κ3) is 3.54. The van der Waals surface area contributed by atoms with Gasteiger partial charge in [0.15, 0.2) is 0 Å². The number of benzene rings is 2. The minimum absolute atomic E-state index is 0.153. The minimum atomic E-state index is -3.62. The Morgan fingerprint density at radius 2 is 1.68 bits per heavy atom. The minimum Gasteiger partial charge on any atom is -0.225 e. The summed E-state index contributed by atoms with van der Waals surface area (Å²) in [6.07, 6.45) is 3.12. The molecule has 1 aliphatic carbocycles. The summed E-state index contributed by atoms with van der Waals surface area (Å²) in [6, 6.07) is 13.5. The number of hydrogen-bond donors (Lipinski definition) is 1. The smallest absolute Gasteiger partial charge is 0.225 e. The fourth-order valence-electron chi connectivity index (χ4n) is 2.88. The van der Waals surface area contributed by atoms with Crippen LogP contribution in [-0.2, 0) is 16.4 Å². The van der Waals surface area contributed by atoms with Gasteiger partial charge in [0.25, 0.3) is 0 Å². The first-order chi connectivity index (χ1) is 10.4. The van der Waals surface area contributed by atoms with Gasteiger partial charge in [0, 0.05) is 0 Å². The van der Waals surface area contributed by atoms with Crippen LogP contribution in [0.25, 0.3) is 0 Å². The van der Waals surface area contributed by atoms with E-state index < -0.39 is 10.0 Å². The molecular weight excluding hydrogens is 301 g/mol. The van der Waals surface area contributed by atoms with E-state index in [0.29, 0.717) is 11.8 Å². The summed E-state index contributed by atoms with van der Waals surface area (Å²) < 4.78 is 35.3. The average molecular weight is 319 g/mol. The van der Waals surface area contributed by atoms with E-state index in [4.69, 9.17) is 5.14 Å². The van der Waals surface area contributed by atoms with Gasteiger partial charge in [-0.25, -0.2) is 17.9 Å². The van der Waals surface area contributed by atoms with E-state index in [1.807, 2.05) is 24.3 Å². The first-order valence-electron chi connectivity index (χ1n) is 7.31. The molecule has 0 aliphatic heterocycles.